The minimum atomic E-state index is 0.263. The van der Waals surface area contributed by atoms with Gasteiger partial charge in [-0.15, -0.1) is 0 Å². The molecule has 84 valence electrons. The number of hydrogen-bond acceptors (Lipinski definition) is 4. The van der Waals surface area contributed by atoms with Gasteiger partial charge in [-0.3, -0.25) is 0 Å². The minimum Gasteiger partial charge on any atom is -0.493 e. The van der Waals surface area contributed by atoms with Gasteiger partial charge in [0.2, 0.25) is 0 Å². The highest BCUT2D eigenvalue weighted by Gasteiger charge is 2.09. The number of nitrogens with zero attached hydrogens (tertiary/aromatic N) is 1. The molecule has 1 aromatic rings. The van der Waals surface area contributed by atoms with E-state index in [9.17, 15) is 0 Å². The molecule has 4 nitrogen and oxygen atoms in total. The van der Waals surface area contributed by atoms with Crippen molar-refractivity contribution >= 4 is 5.82 Å². The second-order valence-corrected chi connectivity index (χ2v) is 3.26. The summed E-state index contributed by atoms with van der Waals surface area (Å²) in [4.78, 5) is 4.23. The molecule has 1 aromatic heterocycles. The lowest BCUT2D eigenvalue weighted by Crippen LogP contribution is -2.24. The highest BCUT2D eigenvalue weighted by atomic mass is 16.5. The summed E-state index contributed by atoms with van der Waals surface area (Å²) in [7, 11) is 3.33. The molecule has 0 radical (unpaired) electrons. The van der Waals surface area contributed by atoms with Gasteiger partial charge < -0.3 is 14.8 Å². The Morgan fingerprint density at radius 2 is 2.27 bits per heavy atom. The van der Waals surface area contributed by atoms with Crippen molar-refractivity contribution in [3.8, 4) is 5.75 Å². The molecule has 0 saturated carbocycles. The van der Waals surface area contributed by atoms with Crippen molar-refractivity contribution in [3.63, 3.8) is 0 Å². The van der Waals surface area contributed by atoms with E-state index in [0.29, 0.717) is 6.61 Å². The average molecular weight is 210 g/mol. The fourth-order valence-electron chi connectivity index (χ4n) is 1.32. The van der Waals surface area contributed by atoms with Gasteiger partial charge in [0.1, 0.15) is 0 Å². The summed E-state index contributed by atoms with van der Waals surface area (Å²) in [6.45, 7) is 2.77. The van der Waals surface area contributed by atoms with E-state index in [1.54, 1.807) is 20.4 Å². The van der Waals surface area contributed by atoms with Crippen molar-refractivity contribution in [2.45, 2.75) is 19.4 Å². The van der Waals surface area contributed by atoms with Crippen molar-refractivity contribution in [2.75, 3.05) is 26.1 Å². The summed E-state index contributed by atoms with van der Waals surface area (Å²) >= 11 is 0. The van der Waals surface area contributed by atoms with Gasteiger partial charge in [-0.25, -0.2) is 4.98 Å². The SMILES string of the molecule is CCC(COC)Nc1ncccc1OC. The van der Waals surface area contributed by atoms with Crippen LogP contribution < -0.4 is 10.1 Å². The van der Waals surface area contributed by atoms with Crippen LogP contribution in [0.25, 0.3) is 0 Å². The van der Waals surface area contributed by atoms with E-state index >= 15 is 0 Å². The summed E-state index contributed by atoms with van der Waals surface area (Å²) in [5, 5.41) is 3.29. The molecular weight excluding hydrogens is 192 g/mol. The van der Waals surface area contributed by atoms with E-state index in [4.69, 9.17) is 9.47 Å². The number of hydrogen-bond donors (Lipinski definition) is 1. The standard InChI is InChI=1S/C11H18N2O2/c1-4-9(8-14-2)13-11-10(15-3)6-5-7-12-11/h5-7,9H,4,8H2,1-3H3,(H,12,13). The van der Waals surface area contributed by atoms with E-state index in [1.807, 2.05) is 12.1 Å². The summed E-state index contributed by atoms with van der Waals surface area (Å²) < 4.78 is 10.3. The topological polar surface area (TPSA) is 43.4 Å². The predicted octanol–water partition coefficient (Wildman–Crippen LogP) is 1.93. The molecule has 0 amide bonds. The lowest BCUT2D eigenvalue weighted by molar-refractivity contribution is 0.184. The lowest BCUT2D eigenvalue weighted by atomic mass is 10.2. The third-order valence-corrected chi connectivity index (χ3v) is 2.19. The molecule has 0 aromatic carbocycles. The second kappa shape index (κ2) is 6.24. The predicted molar refractivity (Wildman–Crippen MR) is 60.4 cm³/mol. The first-order valence-corrected chi connectivity index (χ1v) is 5.06. The van der Waals surface area contributed by atoms with Gasteiger partial charge in [0.15, 0.2) is 11.6 Å². The third-order valence-electron chi connectivity index (χ3n) is 2.19. The normalized spacial score (nSPS) is 12.2. The number of pyridine rings is 1. The summed E-state index contributed by atoms with van der Waals surface area (Å²) in [6, 6.07) is 4.00. The zero-order chi connectivity index (χ0) is 11.1. The molecule has 0 spiro atoms. The first-order valence-electron chi connectivity index (χ1n) is 5.06. The molecule has 0 fully saturated rings. The van der Waals surface area contributed by atoms with Crippen LogP contribution in [0.5, 0.6) is 5.75 Å². The van der Waals surface area contributed by atoms with E-state index in [-0.39, 0.29) is 6.04 Å². The monoisotopic (exact) mass is 210 g/mol. The van der Waals surface area contributed by atoms with Crippen molar-refractivity contribution in [2.24, 2.45) is 0 Å². The van der Waals surface area contributed by atoms with Crippen molar-refractivity contribution in [1.82, 2.24) is 4.98 Å². The maximum atomic E-state index is 5.20. The number of anilines is 1. The fraction of sp³-hybridized carbons (Fsp3) is 0.545. The molecule has 1 N–H and O–H groups in total. The van der Waals surface area contributed by atoms with E-state index in [1.165, 1.54) is 0 Å². The first-order chi connectivity index (χ1) is 7.31. The summed E-state index contributed by atoms with van der Waals surface area (Å²) in [5.41, 5.74) is 0. The van der Waals surface area contributed by atoms with Crippen molar-refractivity contribution in [3.05, 3.63) is 18.3 Å². The average Bonchev–Trinajstić information content (AvgIpc) is 2.29. The van der Waals surface area contributed by atoms with Gasteiger partial charge in [-0.2, -0.15) is 0 Å². The molecule has 0 bridgehead atoms. The maximum Gasteiger partial charge on any atom is 0.169 e. The zero-order valence-electron chi connectivity index (χ0n) is 9.49. The number of ether oxygens (including phenoxy) is 2. The van der Waals surface area contributed by atoms with Crippen LogP contribution >= 0.6 is 0 Å². The van der Waals surface area contributed by atoms with E-state index in [0.717, 1.165) is 18.0 Å². The Bertz CT molecular complexity index is 292. The summed E-state index contributed by atoms with van der Waals surface area (Å²) in [6.07, 6.45) is 2.72. The van der Waals surface area contributed by atoms with Crippen LogP contribution in [0.15, 0.2) is 18.3 Å². The van der Waals surface area contributed by atoms with Crippen LogP contribution in [0.3, 0.4) is 0 Å². The Balaban J connectivity index is 2.69. The Kier molecular flexibility index (Phi) is 4.90. The first kappa shape index (κ1) is 11.8. The smallest absolute Gasteiger partial charge is 0.169 e. The van der Waals surface area contributed by atoms with E-state index in [2.05, 4.69) is 17.2 Å². The molecule has 0 saturated heterocycles. The molecule has 0 aliphatic heterocycles. The molecule has 0 aliphatic carbocycles. The van der Waals surface area contributed by atoms with Crippen LogP contribution in [-0.4, -0.2) is 31.9 Å². The number of methoxy groups -OCH3 is 2. The number of nitrogens with one attached hydrogen (secondary N) is 1. The van der Waals surface area contributed by atoms with Crippen molar-refractivity contribution < 1.29 is 9.47 Å². The Morgan fingerprint density at radius 3 is 2.87 bits per heavy atom. The quantitative estimate of drug-likeness (QED) is 0.779. The minimum absolute atomic E-state index is 0.263. The highest BCUT2D eigenvalue weighted by Crippen LogP contribution is 2.21. The van der Waals surface area contributed by atoms with Gasteiger partial charge >= 0.3 is 0 Å². The van der Waals surface area contributed by atoms with Gasteiger partial charge in [-0.05, 0) is 18.6 Å². The second-order valence-electron chi connectivity index (χ2n) is 3.26. The fourth-order valence-corrected chi connectivity index (χ4v) is 1.32. The molecule has 1 heterocycles. The Hall–Kier alpha value is -1.29. The molecule has 15 heavy (non-hydrogen) atoms. The number of aromatic nitrogens is 1. The lowest BCUT2D eigenvalue weighted by Gasteiger charge is -2.17. The van der Waals surface area contributed by atoms with Crippen molar-refractivity contribution in [1.29, 1.82) is 0 Å². The molecule has 1 rings (SSSR count). The molecule has 0 aliphatic rings. The summed E-state index contributed by atoms with van der Waals surface area (Å²) in [5.74, 6) is 1.52. The molecule has 1 atom stereocenters. The van der Waals surface area contributed by atoms with Gasteiger partial charge in [0.25, 0.3) is 0 Å². The Labute approximate surface area is 90.6 Å². The number of rotatable bonds is 6. The van der Waals surface area contributed by atoms with Crippen LogP contribution in [0.2, 0.25) is 0 Å². The molecular formula is C11H18N2O2. The van der Waals surface area contributed by atoms with Crippen LogP contribution in [0, 0.1) is 0 Å². The largest absolute Gasteiger partial charge is 0.493 e. The van der Waals surface area contributed by atoms with Gasteiger partial charge in [-0.1, -0.05) is 6.92 Å². The highest BCUT2D eigenvalue weighted by molar-refractivity contribution is 5.50. The molecule has 1 unspecified atom stereocenters. The Morgan fingerprint density at radius 1 is 1.47 bits per heavy atom. The van der Waals surface area contributed by atoms with Crippen LogP contribution in [0.4, 0.5) is 5.82 Å². The zero-order valence-corrected chi connectivity index (χ0v) is 9.49. The van der Waals surface area contributed by atoms with Crippen LogP contribution in [-0.2, 0) is 4.74 Å². The molecule has 4 heteroatoms. The maximum absolute atomic E-state index is 5.20. The van der Waals surface area contributed by atoms with Crippen LogP contribution in [0.1, 0.15) is 13.3 Å². The third kappa shape index (κ3) is 3.40. The van der Waals surface area contributed by atoms with E-state index < -0.39 is 0 Å². The van der Waals surface area contributed by atoms with Gasteiger partial charge in [0, 0.05) is 13.3 Å². The van der Waals surface area contributed by atoms with Gasteiger partial charge in [0.05, 0.1) is 19.8 Å².